The van der Waals surface area contributed by atoms with E-state index in [1.807, 2.05) is 0 Å². The first kappa shape index (κ1) is 8.09. The van der Waals surface area contributed by atoms with Gasteiger partial charge in [0.25, 0.3) is 0 Å². The lowest BCUT2D eigenvalue weighted by Crippen LogP contribution is -2.41. The van der Waals surface area contributed by atoms with E-state index in [2.05, 4.69) is 4.90 Å². The van der Waals surface area contributed by atoms with Gasteiger partial charge >= 0.3 is 0 Å². The molecule has 2 aliphatic rings. The zero-order valence-electron chi connectivity index (χ0n) is 7.59. The van der Waals surface area contributed by atoms with Crippen molar-refractivity contribution in [3.63, 3.8) is 0 Å². The molecule has 0 aromatic heterocycles. The molecule has 1 aliphatic carbocycles. The van der Waals surface area contributed by atoms with Gasteiger partial charge in [0, 0.05) is 19.0 Å². The number of piperidine rings is 1. The number of hydrogen-bond donors (Lipinski definition) is 0. The lowest BCUT2D eigenvalue weighted by atomic mass is 10.1. The molecule has 0 spiro atoms. The molecule has 1 saturated carbocycles. The maximum atomic E-state index is 11.5. The van der Waals surface area contributed by atoms with E-state index in [9.17, 15) is 4.79 Å². The molecule has 68 valence electrons. The van der Waals surface area contributed by atoms with E-state index < -0.39 is 0 Å². The molecule has 2 nitrogen and oxygen atoms in total. The van der Waals surface area contributed by atoms with Crippen LogP contribution in [0.3, 0.4) is 0 Å². The van der Waals surface area contributed by atoms with Crippen LogP contribution in [0.15, 0.2) is 0 Å². The summed E-state index contributed by atoms with van der Waals surface area (Å²) in [5.74, 6) is 0.410. The topological polar surface area (TPSA) is 20.3 Å². The van der Waals surface area contributed by atoms with E-state index in [4.69, 9.17) is 0 Å². The van der Waals surface area contributed by atoms with Gasteiger partial charge in [-0.3, -0.25) is 4.79 Å². The lowest BCUT2D eigenvalue weighted by molar-refractivity contribution is -0.135. The van der Waals surface area contributed by atoms with Crippen molar-refractivity contribution < 1.29 is 4.79 Å². The van der Waals surface area contributed by atoms with Gasteiger partial charge in [-0.2, -0.15) is 0 Å². The van der Waals surface area contributed by atoms with Gasteiger partial charge in [0.15, 0.2) is 0 Å². The molecule has 0 aromatic carbocycles. The molecule has 12 heavy (non-hydrogen) atoms. The van der Waals surface area contributed by atoms with Crippen LogP contribution >= 0.6 is 0 Å². The number of likely N-dealkylation sites (tertiary alicyclic amines) is 1. The van der Waals surface area contributed by atoms with Crippen LogP contribution in [-0.2, 0) is 4.79 Å². The summed E-state index contributed by atoms with van der Waals surface area (Å²) in [6.07, 6.45) is 8.31. The quantitative estimate of drug-likeness (QED) is 0.584. The minimum Gasteiger partial charge on any atom is -0.340 e. The molecule has 0 radical (unpaired) electrons. The van der Waals surface area contributed by atoms with Gasteiger partial charge in [0.1, 0.15) is 0 Å². The second-order valence-electron chi connectivity index (χ2n) is 3.98. The van der Waals surface area contributed by atoms with Crippen LogP contribution in [-0.4, -0.2) is 23.4 Å². The average molecular weight is 167 g/mol. The first-order chi connectivity index (χ1) is 5.88. The zero-order valence-corrected chi connectivity index (χ0v) is 7.59. The fourth-order valence-electron chi connectivity index (χ4n) is 2.43. The predicted octanol–water partition coefficient (Wildman–Crippen LogP) is 1.94. The van der Waals surface area contributed by atoms with E-state index in [0.29, 0.717) is 11.9 Å². The fraction of sp³-hybridized carbons (Fsp3) is 0.900. The molecule has 0 bridgehead atoms. The molecule has 2 heteroatoms. The van der Waals surface area contributed by atoms with Gasteiger partial charge in [-0.25, -0.2) is 0 Å². The number of nitrogens with zero attached hydrogens (tertiary/aromatic N) is 1. The van der Waals surface area contributed by atoms with Crippen molar-refractivity contribution in [1.29, 1.82) is 0 Å². The smallest absolute Gasteiger partial charge is 0.222 e. The van der Waals surface area contributed by atoms with Crippen molar-refractivity contribution in [1.82, 2.24) is 4.90 Å². The van der Waals surface area contributed by atoms with Crippen LogP contribution in [0, 0.1) is 0 Å². The Labute approximate surface area is 73.9 Å². The summed E-state index contributed by atoms with van der Waals surface area (Å²) >= 11 is 0. The Kier molecular flexibility index (Phi) is 2.33. The molecule has 1 saturated heterocycles. The standard InChI is InChI=1S/C10H17NO/c12-10-7-3-4-8-11(10)9-5-1-2-6-9/h9H,1-8H2. The number of carbonyl (C=O) groups is 1. The Morgan fingerprint density at radius 2 is 1.83 bits per heavy atom. The van der Waals surface area contributed by atoms with E-state index >= 15 is 0 Å². The zero-order chi connectivity index (χ0) is 8.39. The molecule has 2 fully saturated rings. The molecule has 1 amide bonds. The van der Waals surface area contributed by atoms with Crippen LogP contribution in [0.5, 0.6) is 0 Å². The lowest BCUT2D eigenvalue weighted by Gasteiger charge is -2.32. The normalized spacial score (nSPS) is 26.7. The molecule has 1 heterocycles. The monoisotopic (exact) mass is 167 g/mol. The largest absolute Gasteiger partial charge is 0.340 e. The van der Waals surface area contributed by atoms with Crippen LogP contribution in [0.4, 0.5) is 0 Å². The van der Waals surface area contributed by atoms with Crippen molar-refractivity contribution >= 4 is 5.91 Å². The highest BCUT2D eigenvalue weighted by Crippen LogP contribution is 2.26. The van der Waals surface area contributed by atoms with E-state index in [1.54, 1.807) is 0 Å². The van der Waals surface area contributed by atoms with E-state index in [1.165, 1.54) is 32.1 Å². The van der Waals surface area contributed by atoms with E-state index in [0.717, 1.165) is 19.4 Å². The SMILES string of the molecule is O=C1CCCCN1C1CCCC1. The molecule has 0 atom stereocenters. The van der Waals surface area contributed by atoms with Crippen LogP contribution < -0.4 is 0 Å². The summed E-state index contributed by atoms with van der Waals surface area (Å²) in [4.78, 5) is 13.6. The second kappa shape index (κ2) is 3.46. The third-order valence-corrected chi connectivity index (χ3v) is 3.13. The van der Waals surface area contributed by atoms with Crippen molar-refractivity contribution in [2.75, 3.05) is 6.54 Å². The summed E-state index contributed by atoms with van der Waals surface area (Å²) in [5.41, 5.74) is 0. The molecule has 0 aromatic rings. The summed E-state index contributed by atoms with van der Waals surface area (Å²) in [7, 11) is 0. The Bertz CT molecular complexity index is 173. The maximum absolute atomic E-state index is 11.5. The summed E-state index contributed by atoms with van der Waals surface area (Å²) < 4.78 is 0. The Balaban J connectivity index is 1.95. The highest BCUT2D eigenvalue weighted by molar-refractivity contribution is 5.77. The highest BCUT2D eigenvalue weighted by Gasteiger charge is 2.27. The number of rotatable bonds is 1. The Morgan fingerprint density at radius 3 is 2.50 bits per heavy atom. The van der Waals surface area contributed by atoms with Crippen LogP contribution in [0.2, 0.25) is 0 Å². The van der Waals surface area contributed by atoms with Crippen LogP contribution in [0.25, 0.3) is 0 Å². The van der Waals surface area contributed by atoms with Gasteiger partial charge in [-0.1, -0.05) is 12.8 Å². The number of carbonyl (C=O) groups excluding carboxylic acids is 1. The van der Waals surface area contributed by atoms with Gasteiger partial charge in [-0.15, -0.1) is 0 Å². The third kappa shape index (κ3) is 1.47. The number of amides is 1. The van der Waals surface area contributed by atoms with Crippen molar-refractivity contribution in [2.45, 2.75) is 51.0 Å². The average Bonchev–Trinajstić information content (AvgIpc) is 2.57. The Hall–Kier alpha value is -0.530. The summed E-state index contributed by atoms with van der Waals surface area (Å²) in [6.45, 7) is 1.03. The molecule has 2 rings (SSSR count). The molecule has 1 aliphatic heterocycles. The van der Waals surface area contributed by atoms with E-state index in [-0.39, 0.29) is 0 Å². The van der Waals surface area contributed by atoms with Crippen LogP contribution in [0.1, 0.15) is 44.9 Å². The van der Waals surface area contributed by atoms with Crippen molar-refractivity contribution in [3.8, 4) is 0 Å². The molecule has 0 unspecified atom stereocenters. The van der Waals surface area contributed by atoms with Gasteiger partial charge in [-0.05, 0) is 25.7 Å². The maximum Gasteiger partial charge on any atom is 0.222 e. The Morgan fingerprint density at radius 1 is 1.08 bits per heavy atom. The first-order valence-electron chi connectivity index (χ1n) is 5.17. The molecular formula is C10H17NO. The highest BCUT2D eigenvalue weighted by atomic mass is 16.2. The van der Waals surface area contributed by atoms with Gasteiger partial charge < -0.3 is 4.90 Å². The third-order valence-electron chi connectivity index (χ3n) is 3.13. The van der Waals surface area contributed by atoms with Gasteiger partial charge in [0.05, 0.1) is 0 Å². The van der Waals surface area contributed by atoms with Gasteiger partial charge in [0.2, 0.25) is 5.91 Å². The van der Waals surface area contributed by atoms with Crippen molar-refractivity contribution in [2.24, 2.45) is 0 Å². The number of hydrogen-bond acceptors (Lipinski definition) is 1. The molecule has 0 N–H and O–H groups in total. The molecular weight excluding hydrogens is 150 g/mol. The van der Waals surface area contributed by atoms with Crippen molar-refractivity contribution in [3.05, 3.63) is 0 Å². The summed E-state index contributed by atoms with van der Waals surface area (Å²) in [6, 6.07) is 0.609. The summed E-state index contributed by atoms with van der Waals surface area (Å²) in [5, 5.41) is 0. The minimum absolute atomic E-state index is 0.410. The first-order valence-corrected chi connectivity index (χ1v) is 5.17. The fourth-order valence-corrected chi connectivity index (χ4v) is 2.43. The second-order valence-corrected chi connectivity index (χ2v) is 3.98. The minimum atomic E-state index is 0.410. The predicted molar refractivity (Wildman–Crippen MR) is 47.8 cm³/mol.